The standard InChI is InChI=1S/C20H42N4O/c1-18(23-9-7-19(17-23)21(5)6)8-15-25-16-14-22-10-12-24(13-11-22)20(2,3)4/h18-19H,7-17H2,1-6H3. The van der Waals surface area contributed by atoms with Crippen molar-refractivity contribution >= 4 is 0 Å². The minimum atomic E-state index is 0.305. The molecule has 2 aliphatic rings. The molecule has 2 atom stereocenters. The maximum atomic E-state index is 5.94. The largest absolute Gasteiger partial charge is 0.380 e. The van der Waals surface area contributed by atoms with E-state index < -0.39 is 0 Å². The van der Waals surface area contributed by atoms with Crippen molar-refractivity contribution in [3.63, 3.8) is 0 Å². The van der Waals surface area contributed by atoms with Crippen LogP contribution in [-0.2, 0) is 4.74 Å². The van der Waals surface area contributed by atoms with Crippen molar-refractivity contribution in [2.45, 2.75) is 58.2 Å². The molecular formula is C20H42N4O. The summed E-state index contributed by atoms with van der Waals surface area (Å²) in [6.07, 6.45) is 2.46. The Hall–Kier alpha value is -0.200. The van der Waals surface area contributed by atoms with Crippen LogP contribution in [-0.4, -0.2) is 110 Å². The van der Waals surface area contributed by atoms with Crippen molar-refractivity contribution in [2.75, 3.05) is 73.1 Å². The summed E-state index contributed by atoms with van der Waals surface area (Å²) in [6, 6.07) is 1.37. The third kappa shape index (κ3) is 6.79. The molecule has 25 heavy (non-hydrogen) atoms. The van der Waals surface area contributed by atoms with Crippen LogP contribution in [0.5, 0.6) is 0 Å². The van der Waals surface area contributed by atoms with E-state index in [0.717, 1.165) is 32.2 Å². The zero-order valence-electron chi connectivity index (χ0n) is 17.6. The summed E-state index contributed by atoms with van der Waals surface area (Å²) < 4.78 is 5.94. The average molecular weight is 355 g/mol. The molecule has 0 spiro atoms. The first-order chi connectivity index (χ1) is 11.8. The van der Waals surface area contributed by atoms with E-state index in [1.165, 1.54) is 45.7 Å². The number of nitrogens with zero attached hydrogens (tertiary/aromatic N) is 4. The Kier molecular flexibility index (Phi) is 8.15. The molecule has 2 heterocycles. The number of rotatable bonds is 8. The van der Waals surface area contributed by atoms with Crippen LogP contribution in [0.1, 0.15) is 40.5 Å². The lowest BCUT2D eigenvalue weighted by Gasteiger charge is -2.42. The van der Waals surface area contributed by atoms with Crippen LogP contribution in [0.2, 0.25) is 0 Å². The molecular weight excluding hydrogens is 312 g/mol. The number of likely N-dealkylation sites (N-methyl/N-ethyl adjacent to an activating group) is 1. The van der Waals surface area contributed by atoms with Gasteiger partial charge in [0.15, 0.2) is 0 Å². The lowest BCUT2D eigenvalue weighted by atomic mass is 10.1. The molecule has 0 saturated carbocycles. The second-order valence-electron chi connectivity index (χ2n) is 9.15. The van der Waals surface area contributed by atoms with E-state index in [4.69, 9.17) is 4.74 Å². The highest BCUT2D eigenvalue weighted by Crippen LogP contribution is 2.18. The van der Waals surface area contributed by atoms with Crippen molar-refractivity contribution < 1.29 is 4.74 Å². The zero-order valence-corrected chi connectivity index (χ0v) is 17.6. The van der Waals surface area contributed by atoms with Crippen LogP contribution in [0.25, 0.3) is 0 Å². The lowest BCUT2D eigenvalue weighted by Crippen LogP contribution is -2.53. The molecule has 2 unspecified atom stereocenters. The van der Waals surface area contributed by atoms with Crippen LogP contribution in [0.4, 0.5) is 0 Å². The van der Waals surface area contributed by atoms with E-state index in [2.05, 4.69) is 61.4 Å². The SMILES string of the molecule is CC(CCOCCN1CCN(C(C)(C)C)CC1)N1CCC(N(C)C)C1. The number of ether oxygens (including phenoxy) is 1. The van der Waals surface area contributed by atoms with Gasteiger partial charge < -0.3 is 9.64 Å². The first kappa shape index (κ1) is 21.1. The maximum absolute atomic E-state index is 5.94. The van der Waals surface area contributed by atoms with E-state index in [0.29, 0.717) is 11.6 Å². The summed E-state index contributed by atoms with van der Waals surface area (Å²) in [5.41, 5.74) is 0.305. The first-order valence-electron chi connectivity index (χ1n) is 10.2. The molecule has 5 heteroatoms. The Balaban J connectivity index is 1.51. The van der Waals surface area contributed by atoms with Crippen molar-refractivity contribution in [3.8, 4) is 0 Å². The molecule has 148 valence electrons. The molecule has 2 saturated heterocycles. The van der Waals surface area contributed by atoms with Gasteiger partial charge in [0.05, 0.1) is 6.61 Å². The monoisotopic (exact) mass is 354 g/mol. The second kappa shape index (κ2) is 9.65. The molecule has 2 fully saturated rings. The second-order valence-corrected chi connectivity index (χ2v) is 9.15. The van der Waals surface area contributed by atoms with E-state index in [-0.39, 0.29) is 0 Å². The number of hydrogen-bond donors (Lipinski definition) is 0. The van der Waals surface area contributed by atoms with Gasteiger partial charge in [-0.05, 0) is 54.6 Å². The van der Waals surface area contributed by atoms with Gasteiger partial charge in [0, 0.05) is 70.0 Å². The van der Waals surface area contributed by atoms with E-state index >= 15 is 0 Å². The number of piperazine rings is 1. The molecule has 0 bridgehead atoms. The number of hydrogen-bond acceptors (Lipinski definition) is 5. The van der Waals surface area contributed by atoms with Crippen molar-refractivity contribution in [1.82, 2.24) is 19.6 Å². The molecule has 0 N–H and O–H groups in total. The van der Waals surface area contributed by atoms with Gasteiger partial charge in [-0.15, -0.1) is 0 Å². The number of likely N-dealkylation sites (tertiary alicyclic amines) is 1. The van der Waals surface area contributed by atoms with Crippen LogP contribution in [0, 0.1) is 0 Å². The van der Waals surface area contributed by atoms with Crippen molar-refractivity contribution in [2.24, 2.45) is 0 Å². The van der Waals surface area contributed by atoms with Crippen LogP contribution in [0.15, 0.2) is 0 Å². The first-order valence-corrected chi connectivity index (χ1v) is 10.2. The third-order valence-electron chi connectivity index (χ3n) is 6.10. The molecule has 2 rings (SSSR count). The summed E-state index contributed by atoms with van der Waals surface area (Å²) in [4.78, 5) is 10.1. The van der Waals surface area contributed by atoms with Gasteiger partial charge in [0.2, 0.25) is 0 Å². The third-order valence-corrected chi connectivity index (χ3v) is 6.10. The van der Waals surface area contributed by atoms with Crippen LogP contribution in [0.3, 0.4) is 0 Å². The van der Waals surface area contributed by atoms with E-state index in [1.54, 1.807) is 0 Å². The van der Waals surface area contributed by atoms with Crippen LogP contribution < -0.4 is 0 Å². The Bertz CT molecular complexity index is 374. The predicted molar refractivity (Wildman–Crippen MR) is 106 cm³/mol. The fraction of sp³-hybridized carbons (Fsp3) is 1.00. The van der Waals surface area contributed by atoms with Crippen molar-refractivity contribution in [1.29, 1.82) is 0 Å². The topological polar surface area (TPSA) is 22.2 Å². The summed E-state index contributed by atoms with van der Waals surface area (Å²) in [6.45, 7) is 19.3. The Morgan fingerprint density at radius 3 is 2.28 bits per heavy atom. The quantitative estimate of drug-likeness (QED) is 0.619. The molecule has 2 aliphatic heterocycles. The fourth-order valence-electron chi connectivity index (χ4n) is 3.96. The van der Waals surface area contributed by atoms with Gasteiger partial charge in [-0.3, -0.25) is 14.7 Å². The lowest BCUT2D eigenvalue weighted by molar-refractivity contribution is 0.0382. The molecule has 0 amide bonds. The highest BCUT2D eigenvalue weighted by molar-refractivity contribution is 4.84. The molecule has 0 aromatic rings. The van der Waals surface area contributed by atoms with Gasteiger partial charge in [0.1, 0.15) is 0 Å². The smallest absolute Gasteiger partial charge is 0.0593 e. The predicted octanol–water partition coefficient (Wildman–Crippen LogP) is 1.83. The summed E-state index contributed by atoms with van der Waals surface area (Å²) in [5, 5.41) is 0. The normalized spacial score (nSPS) is 25.8. The Labute approximate surface area is 156 Å². The van der Waals surface area contributed by atoms with Gasteiger partial charge in [-0.25, -0.2) is 0 Å². The summed E-state index contributed by atoms with van der Waals surface area (Å²) in [7, 11) is 4.40. The maximum Gasteiger partial charge on any atom is 0.0593 e. The zero-order chi connectivity index (χ0) is 18.4. The highest BCUT2D eigenvalue weighted by Gasteiger charge is 2.27. The molecule has 0 aromatic heterocycles. The van der Waals surface area contributed by atoms with E-state index in [9.17, 15) is 0 Å². The fourth-order valence-corrected chi connectivity index (χ4v) is 3.96. The van der Waals surface area contributed by atoms with Gasteiger partial charge in [-0.2, -0.15) is 0 Å². The summed E-state index contributed by atoms with van der Waals surface area (Å²) >= 11 is 0. The van der Waals surface area contributed by atoms with Gasteiger partial charge >= 0.3 is 0 Å². The Morgan fingerprint density at radius 2 is 1.72 bits per heavy atom. The molecule has 0 aromatic carbocycles. The average Bonchev–Trinajstić information content (AvgIpc) is 3.04. The van der Waals surface area contributed by atoms with Crippen molar-refractivity contribution in [3.05, 3.63) is 0 Å². The van der Waals surface area contributed by atoms with Gasteiger partial charge in [-0.1, -0.05) is 0 Å². The molecule has 0 radical (unpaired) electrons. The highest BCUT2D eigenvalue weighted by atomic mass is 16.5. The molecule has 0 aliphatic carbocycles. The Morgan fingerprint density at radius 1 is 1.04 bits per heavy atom. The minimum absolute atomic E-state index is 0.305. The van der Waals surface area contributed by atoms with Gasteiger partial charge in [0.25, 0.3) is 0 Å². The summed E-state index contributed by atoms with van der Waals surface area (Å²) in [5.74, 6) is 0. The molecule has 5 nitrogen and oxygen atoms in total. The minimum Gasteiger partial charge on any atom is -0.380 e. The van der Waals surface area contributed by atoms with E-state index in [1.807, 2.05) is 0 Å². The van der Waals surface area contributed by atoms with Crippen LogP contribution >= 0.6 is 0 Å².